The van der Waals surface area contributed by atoms with Crippen LogP contribution in [0.5, 0.6) is 0 Å². The molecule has 3 rings (SSSR count). The molecule has 5 nitrogen and oxygen atoms in total. The van der Waals surface area contributed by atoms with E-state index in [0.29, 0.717) is 38.3 Å². The van der Waals surface area contributed by atoms with E-state index in [4.69, 9.17) is 9.47 Å². The van der Waals surface area contributed by atoms with Gasteiger partial charge in [-0.2, -0.15) is 0 Å². The maximum absolute atomic E-state index is 12.5. The van der Waals surface area contributed by atoms with Crippen LogP contribution in [0.3, 0.4) is 0 Å². The first-order valence-electron chi connectivity index (χ1n) is 8.57. The summed E-state index contributed by atoms with van der Waals surface area (Å²) in [5.74, 6) is 0.708. The van der Waals surface area contributed by atoms with Crippen LogP contribution in [0.4, 0.5) is 4.79 Å². The molecule has 2 saturated carbocycles. The molecule has 1 aliphatic heterocycles. The lowest BCUT2D eigenvalue weighted by Crippen LogP contribution is -2.48. The minimum absolute atomic E-state index is 0.0124. The minimum atomic E-state index is 0.0124. The van der Waals surface area contributed by atoms with Gasteiger partial charge in [0.25, 0.3) is 0 Å². The highest BCUT2D eigenvalue weighted by molar-refractivity contribution is 5.75. The monoisotopic (exact) mass is 296 g/mol. The normalized spacial score (nSPS) is 27.3. The van der Waals surface area contributed by atoms with Crippen molar-refractivity contribution < 1.29 is 14.3 Å². The zero-order chi connectivity index (χ0) is 14.5. The van der Waals surface area contributed by atoms with Crippen LogP contribution >= 0.6 is 0 Å². The van der Waals surface area contributed by atoms with Crippen molar-refractivity contribution in [1.82, 2.24) is 10.2 Å². The second-order valence-corrected chi connectivity index (χ2v) is 6.64. The quantitative estimate of drug-likeness (QED) is 0.846. The van der Waals surface area contributed by atoms with Gasteiger partial charge in [0, 0.05) is 19.1 Å². The van der Waals surface area contributed by atoms with Crippen LogP contribution in [0.25, 0.3) is 0 Å². The van der Waals surface area contributed by atoms with Crippen molar-refractivity contribution in [1.29, 1.82) is 0 Å². The molecule has 1 unspecified atom stereocenters. The third-order valence-corrected chi connectivity index (χ3v) is 4.79. The molecule has 0 aromatic carbocycles. The summed E-state index contributed by atoms with van der Waals surface area (Å²) in [7, 11) is 0. The Bertz CT molecular complexity index is 334. The Hall–Kier alpha value is -0.810. The number of hydrogen-bond acceptors (Lipinski definition) is 3. The van der Waals surface area contributed by atoms with Crippen molar-refractivity contribution >= 4 is 6.03 Å². The number of amides is 2. The van der Waals surface area contributed by atoms with E-state index in [-0.39, 0.29) is 12.1 Å². The summed E-state index contributed by atoms with van der Waals surface area (Å²) >= 11 is 0. The number of hydrogen-bond donors (Lipinski definition) is 1. The van der Waals surface area contributed by atoms with Crippen molar-refractivity contribution in [3.8, 4) is 0 Å². The molecular formula is C16H28N2O3. The molecule has 120 valence electrons. The highest BCUT2D eigenvalue weighted by Crippen LogP contribution is 2.31. The van der Waals surface area contributed by atoms with E-state index in [0.717, 1.165) is 6.54 Å². The fourth-order valence-corrected chi connectivity index (χ4v) is 3.39. The summed E-state index contributed by atoms with van der Waals surface area (Å²) in [6.45, 7) is 3.40. The first kappa shape index (κ1) is 15.1. The maximum atomic E-state index is 12.5. The van der Waals surface area contributed by atoms with Gasteiger partial charge >= 0.3 is 6.03 Å². The van der Waals surface area contributed by atoms with E-state index >= 15 is 0 Å². The standard InChI is InChI=1S/C16H28N2O3/c19-16(17-10-15-12-20-8-9-21-15)18(14-6-7-14)11-13-4-2-1-3-5-13/h13-15H,1-12H2,(H,17,19). The molecule has 2 aliphatic carbocycles. The van der Waals surface area contributed by atoms with Crippen LogP contribution in [-0.4, -0.2) is 56.0 Å². The number of ether oxygens (including phenoxy) is 2. The molecule has 1 saturated heterocycles. The third kappa shape index (κ3) is 4.58. The van der Waals surface area contributed by atoms with Crippen LogP contribution in [-0.2, 0) is 9.47 Å². The van der Waals surface area contributed by atoms with Gasteiger partial charge in [0.05, 0.1) is 25.9 Å². The molecule has 1 heterocycles. The SMILES string of the molecule is O=C(NCC1COCCO1)N(CC1CCCCC1)C1CC1. The number of carbonyl (C=O) groups is 1. The first-order valence-corrected chi connectivity index (χ1v) is 8.57. The highest BCUT2D eigenvalue weighted by Gasteiger charge is 2.34. The van der Waals surface area contributed by atoms with Gasteiger partial charge in [0.15, 0.2) is 0 Å². The van der Waals surface area contributed by atoms with Gasteiger partial charge in [-0.1, -0.05) is 19.3 Å². The summed E-state index contributed by atoms with van der Waals surface area (Å²) in [5, 5.41) is 3.05. The number of rotatable bonds is 5. The summed E-state index contributed by atoms with van der Waals surface area (Å²) in [5.41, 5.74) is 0. The number of nitrogens with zero attached hydrogens (tertiary/aromatic N) is 1. The first-order chi connectivity index (χ1) is 10.3. The Morgan fingerprint density at radius 1 is 1.10 bits per heavy atom. The second kappa shape index (κ2) is 7.45. The Morgan fingerprint density at radius 3 is 2.57 bits per heavy atom. The average Bonchev–Trinajstić information content (AvgIpc) is 3.37. The molecule has 2 amide bonds. The molecule has 3 fully saturated rings. The predicted octanol–water partition coefficient (Wildman–Crippen LogP) is 2.16. The largest absolute Gasteiger partial charge is 0.376 e. The number of nitrogens with one attached hydrogen (secondary N) is 1. The van der Waals surface area contributed by atoms with Crippen LogP contribution in [0, 0.1) is 5.92 Å². The summed E-state index contributed by atoms with van der Waals surface area (Å²) in [4.78, 5) is 14.5. The van der Waals surface area contributed by atoms with Gasteiger partial charge < -0.3 is 19.7 Å². The molecule has 0 aromatic rings. The molecular weight excluding hydrogens is 268 g/mol. The molecule has 0 aromatic heterocycles. The Labute approximate surface area is 127 Å². The summed E-state index contributed by atoms with van der Waals surface area (Å²) in [6.07, 6.45) is 8.96. The molecule has 0 bridgehead atoms. The highest BCUT2D eigenvalue weighted by atomic mass is 16.6. The van der Waals surface area contributed by atoms with Gasteiger partial charge in [0.1, 0.15) is 0 Å². The number of urea groups is 1. The predicted molar refractivity (Wildman–Crippen MR) is 80.3 cm³/mol. The van der Waals surface area contributed by atoms with Gasteiger partial charge in [-0.25, -0.2) is 4.79 Å². The van der Waals surface area contributed by atoms with Gasteiger partial charge in [-0.05, 0) is 31.6 Å². The smallest absolute Gasteiger partial charge is 0.317 e. The minimum Gasteiger partial charge on any atom is -0.376 e. The fraction of sp³-hybridized carbons (Fsp3) is 0.938. The zero-order valence-electron chi connectivity index (χ0n) is 12.9. The molecule has 0 spiro atoms. The molecule has 1 atom stereocenters. The second-order valence-electron chi connectivity index (χ2n) is 6.64. The van der Waals surface area contributed by atoms with Crippen molar-refractivity contribution in [2.75, 3.05) is 32.9 Å². The molecule has 21 heavy (non-hydrogen) atoms. The molecule has 5 heteroatoms. The van der Waals surface area contributed by atoms with Gasteiger partial charge in [0.2, 0.25) is 0 Å². The van der Waals surface area contributed by atoms with Crippen LogP contribution in [0.2, 0.25) is 0 Å². The van der Waals surface area contributed by atoms with Crippen LogP contribution in [0.1, 0.15) is 44.9 Å². The van der Waals surface area contributed by atoms with E-state index in [1.165, 1.54) is 44.9 Å². The third-order valence-electron chi connectivity index (χ3n) is 4.79. The van der Waals surface area contributed by atoms with Crippen molar-refractivity contribution in [3.63, 3.8) is 0 Å². The topological polar surface area (TPSA) is 50.8 Å². The van der Waals surface area contributed by atoms with Crippen molar-refractivity contribution in [3.05, 3.63) is 0 Å². The van der Waals surface area contributed by atoms with E-state index in [1.807, 2.05) is 0 Å². The summed E-state index contributed by atoms with van der Waals surface area (Å²) in [6, 6.07) is 0.577. The molecule has 1 N–H and O–H groups in total. The maximum Gasteiger partial charge on any atom is 0.317 e. The van der Waals surface area contributed by atoms with Gasteiger partial charge in [-0.3, -0.25) is 0 Å². The van der Waals surface area contributed by atoms with Crippen molar-refractivity contribution in [2.24, 2.45) is 5.92 Å². The number of carbonyl (C=O) groups excluding carboxylic acids is 1. The molecule has 0 radical (unpaired) electrons. The van der Waals surface area contributed by atoms with E-state index in [9.17, 15) is 4.79 Å². The Morgan fingerprint density at radius 2 is 1.90 bits per heavy atom. The van der Waals surface area contributed by atoms with E-state index in [2.05, 4.69) is 10.2 Å². The molecule has 3 aliphatic rings. The zero-order valence-corrected chi connectivity index (χ0v) is 12.9. The van der Waals surface area contributed by atoms with Crippen LogP contribution in [0.15, 0.2) is 0 Å². The Kier molecular flexibility index (Phi) is 5.36. The summed E-state index contributed by atoms with van der Waals surface area (Å²) < 4.78 is 10.9. The lowest BCUT2D eigenvalue weighted by atomic mass is 9.89. The lowest BCUT2D eigenvalue weighted by molar-refractivity contribution is -0.0856. The Balaban J connectivity index is 1.44. The van der Waals surface area contributed by atoms with Crippen LogP contribution < -0.4 is 5.32 Å². The van der Waals surface area contributed by atoms with Gasteiger partial charge in [-0.15, -0.1) is 0 Å². The lowest BCUT2D eigenvalue weighted by Gasteiger charge is -2.31. The van der Waals surface area contributed by atoms with Crippen molar-refractivity contribution in [2.45, 2.75) is 57.1 Å². The van der Waals surface area contributed by atoms with E-state index in [1.54, 1.807) is 0 Å². The van der Waals surface area contributed by atoms with E-state index < -0.39 is 0 Å². The average molecular weight is 296 g/mol. The fourth-order valence-electron chi connectivity index (χ4n) is 3.39.